The maximum Gasteiger partial charge on any atom is 0.241 e. The Hall–Kier alpha value is -1.92. The van der Waals surface area contributed by atoms with Crippen molar-refractivity contribution >= 4 is 15.9 Å². The lowest BCUT2D eigenvalue weighted by Gasteiger charge is -2.24. The smallest absolute Gasteiger partial charge is 0.241 e. The number of aryl methyl sites for hydroxylation is 2. The fourth-order valence-electron chi connectivity index (χ4n) is 2.18. The van der Waals surface area contributed by atoms with Gasteiger partial charge in [-0.05, 0) is 38.0 Å². The van der Waals surface area contributed by atoms with Crippen LogP contribution in [0.5, 0.6) is 0 Å². The number of hydrogen-bond acceptors (Lipinski definition) is 3. The predicted octanol–water partition coefficient (Wildman–Crippen LogP) is 2.17. The SMILES string of the molecule is C=CCN(CC=C)C(=O)C(C)NS(=O)(=O)c1cc(C)ccc1C. The van der Waals surface area contributed by atoms with E-state index in [2.05, 4.69) is 17.9 Å². The monoisotopic (exact) mass is 336 g/mol. The highest BCUT2D eigenvalue weighted by molar-refractivity contribution is 7.89. The molecule has 0 aliphatic carbocycles. The molecule has 1 rings (SSSR count). The quantitative estimate of drug-likeness (QED) is 0.740. The van der Waals surface area contributed by atoms with E-state index in [1.165, 1.54) is 11.8 Å². The lowest BCUT2D eigenvalue weighted by atomic mass is 10.2. The van der Waals surface area contributed by atoms with Crippen LogP contribution < -0.4 is 4.72 Å². The molecule has 0 saturated carbocycles. The molecule has 1 N–H and O–H groups in total. The summed E-state index contributed by atoms with van der Waals surface area (Å²) in [6, 6.07) is 4.32. The van der Waals surface area contributed by atoms with Gasteiger partial charge in [0.15, 0.2) is 0 Å². The number of benzene rings is 1. The first-order chi connectivity index (χ1) is 10.7. The van der Waals surface area contributed by atoms with Crippen LogP contribution >= 0.6 is 0 Å². The Bertz CT molecular complexity index is 686. The zero-order valence-corrected chi connectivity index (χ0v) is 14.7. The fourth-order valence-corrected chi connectivity index (χ4v) is 3.71. The van der Waals surface area contributed by atoms with Crippen LogP contribution in [0.15, 0.2) is 48.4 Å². The molecule has 1 aromatic rings. The van der Waals surface area contributed by atoms with Crippen LogP contribution in [0.1, 0.15) is 18.1 Å². The molecule has 0 saturated heterocycles. The van der Waals surface area contributed by atoms with Gasteiger partial charge in [0.05, 0.1) is 10.9 Å². The summed E-state index contributed by atoms with van der Waals surface area (Å²) in [6.45, 7) is 12.9. The summed E-state index contributed by atoms with van der Waals surface area (Å²) in [5, 5.41) is 0. The lowest BCUT2D eigenvalue weighted by molar-refractivity contribution is -0.131. The molecular weight excluding hydrogens is 312 g/mol. The van der Waals surface area contributed by atoms with Gasteiger partial charge in [0, 0.05) is 13.1 Å². The van der Waals surface area contributed by atoms with Crippen LogP contribution in [0, 0.1) is 13.8 Å². The van der Waals surface area contributed by atoms with Crippen molar-refractivity contribution < 1.29 is 13.2 Å². The number of hydrogen-bond donors (Lipinski definition) is 1. The van der Waals surface area contributed by atoms with Crippen molar-refractivity contribution in [2.75, 3.05) is 13.1 Å². The Morgan fingerprint density at radius 1 is 1.26 bits per heavy atom. The minimum absolute atomic E-state index is 0.191. The highest BCUT2D eigenvalue weighted by atomic mass is 32.2. The summed E-state index contributed by atoms with van der Waals surface area (Å²) in [4.78, 5) is 14.1. The van der Waals surface area contributed by atoms with Crippen molar-refractivity contribution in [3.05, 3.63) is 54.6 Å². The van der Waals surface area contributed by atoms with E-state index < -0.39 is 16.1 Å². The molecule has 0 bridgehead atoms. The van der Waals surface area contributed by atoms with E-state index in [1.807, 2.05) is 13.0 Å². The molecule has 0 radical (unpaired) electrons. The predicted molar refractivity (Wildman–Crippen MR) is 92.7 cm³/mol. The molecule has 1 atom stereocenters. The van der Waals surface area contributed by atoms with Gasteiger partial charge in [0.25, 0.3) is 0 Å². The van der Waals surface area contributed by atoms with E-state index in [-0.39, 0.29) is 10.8 Å². The van der Waals surface area contributed by atoms with Crippen molar-refractivity contribution in [1.29, 1.82) is 0 Å². The second-order valence-corrected chi connectivity index (χ2v) is 7.11. The normalized spacial score (nSPS) is 12.5. The van der Waals surface area contributed by atoms with Crippen LogP contribution in [0.3, 0.4) is 0 Å². The summed E-state index contributed by atoms with van der Waals surface area (Å²) < 4.78 is 27.5. The Morgan fingerprint density at radius 2 is 1.83 bits per heavy atom. The van der Waals surface area contributed by atoms with Crippen LogP contribution in [0.4, 0.5) is 0 Å². The first-order valence-corrected chi connectivity index (χ1v) is 8.81. The molecule has 1 amide bonds. The molecule has 1 unspecified atom stereocenters. The average Bonchev–Trinajstić information content (AvgIpc) is 2.48. The van der Waals surface area contributed by atoms with Crippen LogP contribution in [0.25, 0.3) is 0 Å². The third-order valence-corrected chi connectivity index (χ3v) is 5.03. The highest BCUT2D eigenvalue weighted by Crippen LogP contribution is 2.17. The highest BCUT2D eigenvalue weighted by Gasteiger charge is 2.26. The van der Waals surface area contributed by atoms with E-state index in [4.69, 9.17) is 0 Å². The van der Waals surface area contributed by atoms with Crippen LogP contribution in [-0.2, 0) is 14.8 Å². The van der Waals surface area contributed by atoms with E-state index in [0.29, 0.717) is 18.7 Å². The fraction of sp³-hybridized carbons (Fsp3) is 0.353. The third-order valence-electron chi connectivity index (χ3n) is 3.35. The number of nitrogens with zero attached hydrogens (tertiary/aromatic N) is 1. The van der Waals surface area contributed by atoms with E-state index in [1.54, 1.807) is 31.2 Å². The van der Waals surface area contributed by atoms with Gasteiger partial charge in [-0.2, -0.15) is 4.72 Å². The van der Waals surface area contributed by atoms with Crippen molar-refractivity contribution in [3.63, 3.8) is 0 Å². The molecule has 0 aromatic heterocycles. The standard InChI is InChI=1S/C17H24N2O3S/c1-6-10-19(11-7-2)17(20)15(5)18-23(21,22)16-12-13(3)8-9-14(16)4/h6-9,12,15,18H,1-2,10-11H2,3-5H3. The van der Waals surface area contributed by atoms with Gasteiger partial charge in [-0.15, -0.1) is 13.2 Å². The number of nitrogens with one attached hydrogen (secondary N) is 1. The minimum Gasteiger partial charge on any atom is -0.334 e. The molecule has 1 aromatic carbocycles. The van der Waals surface area contributed by atoms with Gasteiger partial charge in [0.1, 0.15) is 0 Å². The molecule has 23 heavy (non-hydrogen) atoms. The van der Waals surface area contributed by atoms with Crippen LogP contribution in [0.2, 0.25) is 0 Å². The Kier molecular flexibility index (Phi) is 6.72. The second kappa shape index (κ2) is 8.08. The first kappa shape index (κ1) is 19.1. The zero-order chi connectivity index (χ0) is 17.6. The zero-order valence-electron chi connectivity index (χ0n) is 13.9. The topological polar surface area (TPSA) is 66.5 Å². The average molecular weight is 336 g/mol. The molecule has 0 fully saturated rings. The summed E-state index contributed by atoms with van der Waals surface area (Å²) in [5.41, 5.74) is 1.48. The summed E-state index contributed by atoms with van der Waals surface area (Å²) in [6.07, 6.45) is 3.18. The Balaban J connectivity index is 2.99. The Morgan fingerprint density at radius 3 is 2.35 bits per heavy atom. The molecule has 0 aliphatic rings. The number of carbonyl (C=O) groups excluding carboxylic acids is 1. The van der Waals surface area contributed by atoms with E-state index >= 15 is 0 Å². The maximum atomic E-state index is 12.5. The van der Waals surface area contributed by atoms with Gasteiger partial charge in [0.2, 0.25) is 15.9 Å². The molecule has 126 valence electrons. The van der Waals surface area contributed by atoms with Crippen molar-refractivity contribution in [1.82, 2.24) is 9.62 Å². The van der Waals surface area contributed by atoms with Gasteiger partial charge in [-0.1, -0.05) is 24.3 Å². The molecular formula is C17H24N2O3S. The molecule has 0 spiro atoms. The molecule has 0 aliphatic heterocycles. The molecule has 6 heteroatoms. The second-order valence-electron chi connectivity index (χ2n) is 5.43. The number of carbonyl (C=O) groups is 1. The number of sulfonamides is 1. The number of rotatable bonds is 8. The number of amides is 1. The van der Waals surface area contributed by atoms with Gasteiger partial charge < -0.3 is 4.90 Å². The summed E-state index contributed by atoms with van der Waals surface area (Å²) in [5.74, 6) is -0.321. The summed E-state index contributed by atoms with van der Waals surface area (Å²) in [7, 11) is -3.77. The van der Waals surface area contributed by atoms with Gasteiger partial charge in [-0.3, -0.25) is 4.79 Å². The lowest BCUT2D eigenvalue weighted by Crippen LogP contribution is -2.47. The van der Waals surface area contributed by atoms with Crippen molar-refractivity contribution in [2.24, 2.45) is 0 Å². The molecule has 5 nitrogen and oxygen atoms in total. The van der Waals surface area contributed by atoms with Gasteiger partial charge in [-0.25, -0.2) is 8.42 Å². The minimum atomic E-state index is -3.77. The van der Waals surface area contributed by atoms with Gasteiger partial charge >= 0.3 is 0 Å². The van der Waals surface area contributed by atoms with E-state index in [9.17, 15) is 13.2 Å². The van der Waals surface area contributed by atoms with Crippen LogP contribution in [-0.4, -0.2) is 38.4 Å². The van der Waals surface area contributed by atoms with E-state index in [0.717, 1.165) is 5.56 Å². The maximum absolute atomic E-state index is 12.5. The van der Waals surface area contributed by atoms with Crippen molar-refractivity contribution in [3.8, 4) is 0 Å². The molecule has 0 heterocycles. The Labute approximate surface area is 138 Å². The summed E-state index contributed by atoms with van der Waals surface area (Å²) >= 11 is 0. The van der Waals surface area contributed by atoms with Crippen molar-refractivity contribution in [2.45, 2.75) is 31.7 Å². The largest absolute Gasteiger partial charge is 0.334 e. The first-order valence-electron chi connectivity index (χ1n) is 7.33. The third kappa shape index (κ3) is 5.04.